The Morgan fingerprint density at radius 2 is 1.57 bits per heavy atom. The molecule has 0 radical (unpaired) electrons. The number of hydrogen-bond donors (Lipinski definition) is 4. The van der Waals surface area contributed by atoms with Gasteiger partial charge in [0.15, 0.2) is 0 Å². The van der Waals surface area contributed by atoms with E-state index in [0.29, 0.717) is 22.5 Å². The maximum absolute atomic E-state index is 13.6. The number of amides is 3. The molecule has 0 aliphatic rings. The number of carbonyl (C=O) groups excluding carboxylic acids is 4. The molecule has 10 heteroatoms. The number of rotatable bonds is 11. The summed E-state index contributed by atoms with van der Waals surface area (Å²) >= 11 is 1.32. The highest BCUT2D eigenvalue weighted by Crippen LogP contribution is 2.27. The summed E-state index contributed by atoms with van der Waals surface area (Å²) in [6, 6.07) is 30.0. The summed E-state index contributed by atoms with van der Waals surface area (Å²) in [5.74, 6) is -1.57. The highest BCUT2D eigenvalue weighted by molar-refractivity contribution is 8.00. The van der Waals surface area contributed by atoms with Crippen LogP contribution in [0, 0.1) is 0 Å². The molecule has 0 saturated heterocycles. The maximum Gasteiger partial charge on any atom is 0.338 e. The monoisotopic (exact) mass is 632 g/mol. The number of nitrogens with one attached hydrogen (secondary N) is 4. The van der Waals surface area contributed by atoms with E-state index >= 15 is 0 Å². The lowest BCUT2D eigenvalue weighted by Crippen LogP contribution is -2.30. The molecule has 3 amide bonds. The van der Waals surface area contributed by atoms with Crippen LogP contribution in [0.4, 0.5) is 11.4 Å². The molecule has 0 bridgehead atoms. The molecule has 4 aromatic carbocycles. The molecule has 9 nitrogen and oxygen atoms in total. The molecule has 1 unspecified atom stereocenters. The Morgan fingerprint density at radius 3 is 2.33 bits per heavy atom. The molecule has 5 rings (SSSR count). The first-order chi connectivity index (χ1) is 22.3. The number of fused-ring (bicyclic) bond motifs is 1. The highest BCUT2D eigenvalue weighted by atomic mass is 32.2. The van der Waals surface area contributed by atoms with E-state index in [9.17, 15) is 19.2 Å². The van der Waals surface area contributed by atoms with Gasteiger partial charge >= 0.3 is 5.97 Å². The normalized spacial score (nSPS) is 11.8. The molecular formula is C36H32N4O5S. The summed E-state index contributed by atoms with van der Waals surface area (Å²) in [5, 5.41) is 8.94. The Bertz CT molecular complexity index is 1900. The summed E-state index contributed by atoms with van der Waals surface area (Å²) in [6.07, 6.45) is 3.42. The fourth-order valence-electron chi connectivity index (χ4n) is 4.56. The number of ether oxygens (including phenoxy) is 1. The second-order valence-electron chi connectivity index (χ2n) is 10.2. The smallest absolute Gasteiger partial charge is 0.338 e. The van der Waals surface area contributed by atoms with Gasteiger partial charge in [-0.1, -0.05) is 42.5 Å². The molecule has 1 heterocycles. The van der Waals surface area contributed by atoms with Gasteiger partial charge in [0.25, 0.3) is 11.8 Å². The fourth-order valence-corrected chi connectivity index (χ4v) is 5.49. The van der Waals surface area contributed by atoms with Gasteiger partial charge in [-0.3, -0.25) is 14.4 Å². The van der Waals surface area contributed by atoms with Gasteiger partial charge in [0, 0.05) is 44.5 Å². The summed E-state index contributed by atoms with van der Waals surface area (Å²) < 4.78 is 5.00. The summed E-state index contributed by atoms with van der Waals surface area (Å²) in [4.78, 5) is 55.4. The zero-order chi connectivity index (χ0) is 32.5. The van der Waals surface area contributed by atoms with Crippen molar-refractivity contribution in [2.75, 3.05) is 17.2 Å². The van der Waals surface area contributed by atoms with Crippen LogP contribution in [0.15, 0.2) is 120 Å². The molecule has 4 N–H and O–H groups in total. The predicted molar refractivity (Wildman–Crippen MR) is 182 cm³/mol. The van der Waals surface area contributed by atoms with Gasteiger partial charge < -0.3 is 25.7 Å². The molecule has 232 valence electrons. The minimum Gasteiger partial charge on any atom is -0.462 e. The van der Waals surface area contributed by atoms with Crippen LogP contribution >= 0.6 is 11.8 Å². The first kappa shape index (κ1) is 31.8. The van der Waals surface area contributed by atoms with Gasteiger partial charge in [-0.2, -0.15) is 0 Å². The van der Waals surface area contributed by atoms with Crippen LogP contribution in [0.25, 0.3) is 17.0 Å². The van der Waals surface area contributed by atoms with Gasteiger partial charge in [-0.25, -0.2) is 4.79 Å². The highest BCUT2D eigenvalue weighted by Gasteiger charge is 2.18. The van der Waals surface area contributed by atoms with Crippen molar-refractivity contribution in [3.8, 4) is 0 Å². The zero-order valence-corrected chi connectivity index (χ0v) is 26.0. The van der Waals surface area contributed by atoms with Crippen molar-refractivity contribution in [2.24, 2.45) is 0 Å². The van der Waals surface area contributed by atoms with Crippen molar-refractivity contribution < 1.29 is 23.9 Å². The van der Waals surface area contributed by atoms with Crippen LogP contribution in [-0.4, -0.2) is 40.5 Å². The van der Waals surface area contributed by atoms with Gasteiger partial charge in [0.2, 0.25) is 5.91 Å². The summed E-state index contributed by atoms with van der Waals surface area (Å²) in [6.45, 7) is 3.80. The number of aromatic nitrogens is 1. The Labute approximate surface area is 270 Å². The molecule has 0 aliphatic heterocycles. The van der Waals surface area contributed by atoms with Crippen molar-refractivity contribution in [2.45, 2.75) is 24.0 Å². The average molecular weight is 633 g/mol. The summed E-state index contributed by atoms with van der Waals surface area (Å²) in [5.41, 5.74) is 3.59. The van der Waals surface area contributed by atoms with Crippen LogP contribution < -0.4 is 16.0 Å². The van der Waals surface area contributed by atoms with E-state index in [0.717, 1.165) is 21.4 Å². The first-order valence-corrected chi connectivity index (χ1v) is 15.5. The van der Waals surface area contributed by atoms with E-state index in [1.165, 1.54) is 11.8 Å². The van der Waals surface area contributed by atoms with E-state index < -0.39 is 23.0 Å². The number of carbonyl (C=O) groups is 4. The van der Waals surface area contributed by atoms with E-state index in [-0.39, 0.29) is 18.2 Å². The first-order valence-electron chi connectivity index (χ1n) is 14.6. The molecular weight excluding hydrogens is 600 g/mol. The zero-order valence-electron chi connectivity index (χ0n) is 25.2. The van der Waals surface area contributed by atoms with Crippen molar-refractivity contribution in [3.05, 3.63) is 132 Å². The van der Waals surface area contributed by atoms with Crippen LogP contribution in [0.1, 0.15) is 40.1 Å². The van der Waals surface area contributed by atoms with Gasteiger partial charge in [-0.05, 0) is 80.6 Å². The van der Waals surface area contributed by atoms with Crippen LogP contribution in [0.5, 0.6) is 0 Å². The third kappa shape index (κ3) is 8.10. The third-order valence-electron chi connectivity index (χ3n) is 6.89. The van der Waals surface area contributed by atoms with Crippen molar-refractivity contribution in [3.63, 3.8) is 0 Å². The second kappa shape index (κ2) is 14.9. The largest absolute Gasteiger partial charge is 0.462 e. The van der Waals surface area contributed by atoms with Crippen molar-refractivity contribution in [1.82, 2.24) is 10.3 Å². The van der Waals surface area contributed by atoms with Crippen molar-refractivity contribution >= 4 is 63.8 Å². The number of benzene rings is 4. The van der Waals surface area contributed by atoms with Gasteiger partial charge in [-0.15, -0.1) is 11.8 Å². The number of H-pyrrole nitrogens is 1. The Kier molecular flexibility index (Phi) is 10.3. The van der Waals surface area contributed by atoms with Crippen LogP contribution in [0.3, 0.4) is 0 Å². The van der Waals surface area contributed by atoms with E-state index in [1.807, 2.05) is 36.4 Å². The van der Waals surface area contributed by atoms with Gasteiger partial charge in [0.05, 0.1) is 17.4 Å². The lowest BCUT2D eigenvalue weighted by Gasteiger charge is -2.14. The Hall–Kier alpha value is -5.61. The lowest BCUT2D eigenvalue weighted by atomic mass is 10.1. The van der Waals surface area contributed by atoms with E-state index in [1.54, 1.807) is 92.9 Å². The minimum atomic E-state index is -0.506. The van der Waals surface area contributed by atoms with Crippen LogP contribution in [0.2, 0.25) is 0 Å². The molecule has 46 heavy (non-hydrogen) atoms. The number of aromatic amines is 1. The lowest BCUT2D eigenvalue weighted by molar-refractivity contribution is -0.115. The minimum absolute atomic E-state index is 0.0679. The van der Waals surface area contributed by atoms with E-state index in [4.69, 9.17) is 4.74 Å². The summed E-state index contributed by atoms with van der Waals surface area (Å²) in [7, 11) is 0. The quantitative estimate of drug-likeness (QED) is 0.0714. The molecule has 5 aromatic rings. The number of anilines is 2. The van der Waals surface area contributed by atoms with Crippen molar-refractivity contribution in [1.29, 1.82) is 0 Å². The van der Waals surface area contributed by atoms with Gasteiger partial charge in [0.1, 0.15) is 5.70 Å². The molecule has 0 fully saturated rings. The molecule has 1 atom stereocenters. The topological polar surface area (TPSA) is 129 Å². The molecule has 1 aromatic heterocycles. The maximum atomic E-state index is 13.6. The van der Waals surface area contributed by atoms with Crippen LogP contribution in [-0.2, 0) is 14.3 Å². The Balaban J connectivity index is 1.28. The average Bonchev–Trinajstić information content (AvgIpc) is 3.48. The molecule has 0 spiro atoms. The predicted octanol–water partition coefficient (Wildman–Crippen LogP) is 6.87. The third-order valence-corrected chi connectivity index (χ3v) is 7.98. The second-order valence-corrected chi connectivity index (χ2v) is 11.6. The SMILES string of the molecule is CCOC(=O)c1ccc(NC(=O)C(C)Sc2cccc(NC(=O)/C(=C/c3c[nH]c4ccccc34)NC(=O)c3ccccc3)c2)cc1. The fraction of sp³-hybridized carbons (Fsp3) is 0.111. The molecule has 0 saturated carbocycles. The number of thioether (sulfide) groups is 1. The number of esters is 1. The van der Waals surface area contributed by atoms with E-state index in [2.05, 4.69) is 20.9 Å². The Morgan fingerprint density at radius 1 is 0.826 bits per heavy atom. The number of hydrogen-bond acceptors (Lipinski definition) is 6. The standard InChI is InChI=1S/C36H32N4O5S/c1-3-45-36(44)25-16-18-27(19-17-25)38-33(41)23(2)46-29-13-9-12-28(21-29)39-35(43)32(40-34(42)24-10-5-4-6-11-24)20-26-22-37-31-15-8-7-14-30(26)31/h4-23,37H,3H2,1-2H3,(H,38,41)(H,39,43)(H,40,42)/b32-20-. The molecule has 0 aliphatic carbocycles. The number of para-hydroxylation sites is 1.